The van der Waals surface area contributed by atoms with Crippen LogP contribution in [0.3, 0.4) is 0 Å². The van der Waals surface area contributed by atoms with E-state index >= 15 is 0 Å². The normalized spacial score (nSPS) is 13.1. The van der Waals surface area contributed by atoms with E-state index in [2.05, 4.69) is 123 Å². The first-order valence-corrected chi connectivity index (χ1v) is 12.8. The third kappa shape index (κ3) is 5.22. The Kier molecular flexibility index (Phi) is 6.65. The average Bonchev–Trinajstić information content (AvgIpc) is 3.46. The summed E-state index contributed by atoms with van der Waals surface area (Å²) in [4.78, 5) is 20.5. The number of H-pyrrole nitrogens is 2. The summed E-state index contributed by atoms with van der Waals surface area (Å²) in [5.74, 6) is 0.0234. The van der Waals surface area contributed by atoms with Gasteiger partial charge in [0.15, 0.2) is 0 Å². The Bertz CT molecular complexity index is 1250. The molecule has 2 aromatic heterocycles. The first-order chi connectivity index (χ1) is 15.9. The van der Waals surface area contributed by atoms with Crippen molar-refractivity contribution in [3.05, 3.63) is 116 Å². The topological polar surface area (TPSA) is 48.6 Å². The van der Waals surface area contributed by atoms with Crippen LogP contribution in [0.4, 0.5) is 0 Å². The number of aromatic nitrogens is 2. The molecule has 1 atom stereocenters. The molecular weight excluding hydrogens is 531 g/mol. The van der Waals surface area contributed by atoms with Crippen molar-refractivity contribution in [1.82, 2.24) is 9.97 Å². The zero-order valence-electron chi connectivity index (χ0n) is 20.8. The second-order valence-electron chi connectivity index (χ2n) is 11.1. The predicted molar refractivity (Wildman–Crippen MR) is 149 cm³/mol. The summed E-state index contributed by atoms with van der Waals surface area (Å²) in [5, 5.41) is 0. The maximum Gasteiger partial charge on any atom is 0.209 e. The lowest BCUT2D eigenvalue weighted by atomic mass is 9.79. The van der Waals surface area contributed by atoms with Gasteiger partial charge < -0.3 is 9.97 Å². The molecule has 4 aromatic rings. The van der Waals surface area contributed by atoms with Crippen molar-refractivity contribution >= 4 is 28.4 Å². The highest BCUT2D eigenvalue weighted by Gasteiger charge is 2.25. The van der Waals surface area contributed by atoms with Gasteiger partial charge in [0.2, 0.25) is 5.78 Å². The Labute approximate surface area is 216 Å². The monoisotopic (exact) mass is 564 g/mol. The summed E-state index contributed by atoms with van der Waals surface area (Å²) >= 11 is 2.32. The Morgan fingerprint density at radius 1 is 0.794 bits per heavy atom. The molecule has 0 aliphatic heterocycles. The largest absolute Gasteiger partial charge is 0.364 e. The van der Waals surface area contributed by atoms with Crippen molar-refractivity contribution in [2.24, 2.45) is 0 Å². The molecule has 34 heavy (non-hydrogen) atoms. The minimum Gasteiger partial charge on any atom is -0.364 e. The van der Waals surface area contributed by atoms with Crippen LogP contribution in [0.5, 0.6) is 0 Å². The minimum atomic E-state index is -0.0410. The fourth-order valence-corrected chi connectivity index (χ4v) is 4.56. The second kappa shape index (κ2) is 9.21. The van der Waals surface area contributed by atoms with Crippen LogP contribution in [-0.4, -0.2) is 15.8 Å². The van der Waals surface area contributed by atoms with Gasteiger partial charge in [-0.25, -0.2) is 0 Å². The molecule has 2 heterocycles. The lowest BCUT2D eigenvalue weighted by Crippen LogP contribution is -2.18. The Morgan fingerprint density at radius 2 is 1.41 bits per heavy atom. The van der Waals surface area contributed by atoms with Crippen LogP contribution in [0, 0.1) is 3.57 Å². The number of ketones is 1. The van der Waals surface area contributed by atoms with E-state index in [1.165, 1.54) is 20.3 Å². The van der Waals surface area contributed by atoms with E-state index < -0.39 is 0 Å². The highest BCUT2D eigenvalue weighted by molar-refractivity contribution is 14.1. The SMILES string of the molecule is CC(C)(C)c1cc(C(=O)c2ccc(C(c3ccc(I)cc3)c3ccc[nH]3)[nH]2)cc(C(C)(C)C)c1. The average molecular weight is 565 g/mol. The lowest BCUT2D eigenvalue weighted by molar-refractivity contribution is 0.103. The Morgan fingerprint density at radius 3 is 1.94 bits per heavy atom. The van der Waals surface area contributed by atoms with Crippen LogP contribution in [0.15, 0.2) is 72.9 Å². The number of rotatable bonds is 5. The first kappa shape index (κ1) is 24.5. The molecule has 0 saturated heterocycles. The van der Waals surface area contributed by atoms with Crippen LogP contribution in [0.25, 0.3) is 0 Å². The van der Waals surface area contributed by atoms with Crippen molar-refractivity contribution in [2.45, 2.75) is 58.3 Å². The lowest BCUT2D eigenvalue weighted by Gasteiger charge is -2.26. The molecule has 0 saturated carbocycles. The van der Waals surface area contributed by atoms with Crippen LogP contribution >= 0.6 is 22.6 Å². The molecule has 0 radical (unpaired) electrons. The van der Waals surface area contributed by atoms with Gasteiger partial charge in [0.1, 0.15) is 0 Å². The third-order valence-corrected chi connectivity index (χ3v) is 7.05. The highest BCUT2D eigenvalue weighted by atomic mass is 127. The zero-order chi connectivity index (χ0) is 24.7. The van der Waals surface area contributed by atoms with Gasteiger partial charge in [0.25, 0.3) is 0 Å². The van der Waals surface area contributed by atoms with Gasteiger partial charge >= 0.3 is 0 Å². The van der Waals surface area contributed by atoms with Crippen LogP contribution < -0.4 is 0 Å². The summed E-state index contributed by atoms with van der Waals surface area (Å²) in [6, 6.07) is 22.9. The molecule has 176 valence electrons. The summed E-state index contributed by atoms with van der Waals surface area (Å²) in [7, 11) is 0. The summed E-state index contributed by atoms with van der Waals surface area (Å²) < 4.78 is 1.20. The van der Waals surface area contributed by atoms with Crippen LogP contribution in [0.2, 0.25) is 0 Å². The number of hydrogen-bond acceptors (Lipinski definition) is 1. The quantitative estimate of drug-likeness (QED) is 0.188. The molecule has 0 spiro atoms. The molecule has 0 aliphatic rings. The van der Waals surface area contributed by atoms with Crippen molar-refractivity contribution in [2.75, 3.05) is 0 Å². The maximum atomic E-state index is 13.7. The number of hydrogen-bond donors (Lipinski definition) is 2. The van der Waals surface area contributed by atoms with Gasteiger partial charge in [-0.05, 0) is 98.6 Å². The number of nitrogens with one attached hydrogen (secondary N) is 2. The smallest absolute Gasteiger partial charge is 0.209 e. The van der Waals surface area contributed by atoms with Crippen LogP contribution in [0.1, 0.15) is 91.6 Å². The number of carbonyl (C=O) groups excluding carboxylic acids is 1. The van der Waals surface area contributed by atoms with E-state index in [1.54, 1.807) is 0 Å². The van der Waals surface area contributed by atoms with Crippen LogP contribution in [-0.2, 0) is 10.8 Å². The molecule has 4 rings (SSSR count). The molecule has 0 fully saturated rings. The Balaban J connectivity index is 1.75. The van der Waals surface area contributed by atoms with E-state index in [0.29, 0.717) is 5.69 Å². The number of halogens is 1. The minimum absolute atomic E-state index is 0.000374. The summed E-state index contributed by atoms with van der Waals surface area (Å²) in [6.45, 7) is 13.2. The Hall–Kier alpha value is -2.60. The van der Waals surface area contributed by atoms with Gasteiger partial charge in [0, 0.05) is 26.7 Å². The van der Waals surface area contributed by atoms with Crippen molar-refractivity contribution in [3.63, 3.8) is 0 Å². The van der Waals surface area contributed by atoms with Gasteiger partial charge in [-0.3, -0.25) is 4.79 Å². The van der Waals surface area contributed by atoms with E-state index in [-0.39, 0.29) is 22.5 Å². The molecule has 0 bridgehead atoms. The molecular formula is C30H33IN2O. The van der Waals surface area contributed by atoms with E-state index in [4.69, 9.17) is 0 Å². The summed E-state index contributed by atoms with van der Waals surface area (Å²) in [6.07, 6.45) is 1.94. The van der Waals surface area contributed by atoms with Gasteiger partial charge in [-0.2, -0.15) is 0 Å². The molecule has 0 aliphatic carbocycles. The van der Waals surface area contributed by atoms with Gasteiger partial charge in [-0.1, -0.05) is 59.7 Å². The third-order valence-electron chi connectivity index (χ3n) is 6.33. The van der Waals surface area contributed by atoms with E-state index in [1.807, 2.05) is 24.4 Å². The molecule has 4 heteroatoms. The van der Waals surface area contributed by atoms with Crippen molar-refractivity contribution < 1.29 is 4.79 Å². The molecule has 2 N–H and O–H groups in total. The highest BCUT2D eigenvalue weighted by Crippen LogP contribution is 2.33. The van der Waals surface area contributed by atoms with Gasteiger partial charge in [-0.15, -0.1) is 0 Å². The van der Waals surface area contributed by atoms with Gasteiger partial charge in [0.05, 0.1) is 11.6 Å². The van der Waals surface area contributed by atoms with Crippen molar-refractivity contribution in [3.8, 4) is 0 Å². The number of benzene rings is 2. The fourth-order valence-electron chi connectivity index (χ4n) is 4.20. The first-order valence-electron chi connectivity index (χ1n) is 11.7. The number of carbonyl (C=O) groups is 1. The van der Waals surface area contributed by atoms with Crippen molar-refractivity contribution in [1.29, 1.82) is 0 Å². The molecule has 0 amide bonds. The molecule has 2 aromatic carbocycles. The van der Waals surface area contributed by atoms with E-state index in [0.717, 1.165) is 17.0 Å². The zero-order valence-corrected chi connectivity index (χ0v) is 22.9. The second-order valence-corrected chi connectivity index (χ2v) is 12.3. The summed E-state index contributed by atoms with van der Waals surface area (Å²) in [5.41, 5.74) is 6.88. The predicted octanol–water partition coefficient (Wildman–Crippen LogP) is 7.95. The number of aromatic amines is 2. The standard InChI is InChI=1S/C30H33IN2O/c1-29(2,3)21-16-20(17-22(18-21)30(4,5)6)28(34)26-14-13-25(33-26)27(24-8-7-15-32-24)19-9-11-23(31)12-10-19/h7-18,27,32-33H,1-6H3. The fraction of sp³-hybridized carbons (Fsp3) is 0.300. The van der Waals surface area contributed by atoms with E-state index in [9.17, 15) is 4.79 Å². The molecule has 1 unspecified atom stereocenters. The maximum absolute atomic E-state index is 13.7. The molecule has 3 nitrogen and oxygen atoms in total.